The summed E-state index contributed by atoms with van der Waals surface area (Å²) < 4.78 is 8.48. The summed E-state index contributed by atoms with van der Waals surface area (Å²) in [6.45, 7) is 5.55. The number of unbranched alkanes of at least 4 members (excludes halogenated alkanes) is 1. The molecule has 0 unspecified atom stereocenters. The van der Waals surface area contributed by atoms with E-state index < -0.39 is 11.2 Å². The van der Waals surface area contributed by atoms with Crippen LogP contribution < -0.4 is 21.3 Å². The normalized spacial score (nSPS) is 11.3. The van der Waals surface area contributed by atoms with Gasteiger partial charge in [0, 0.05) is 13.6 Å². The van der Waals surface area contributed by atoms with Gasteiger partial charge in [0.05, 0.1) is 25.9 Å². The predicted octanol–water partition coefficient (Wildman–Crippen LogP) is 1.69. The van der Waals surface area contributed by atoms with E-state index in [0.717, 1.165) is 12.8 Å². The van der Waals surface area contributed by atoms with Gasteiger partial charge in [0.25, 0.3) is 5.56 Å². The number of aromatic nitrogens is 4. The van der Waals surface area contributed by atoms with Crippen molar-refractivity contribution in [1.82, 2.24) is 24.0 Å². The highest BCUT2D eigenvalue weighted by molar-refractivity contribution is 5.93. The van der Waals surface area contributed by atoms with Gasteiger partial charge in [-0.3, -0.25) is 24.0 Å². The first-order chi connectivity index (χ1) is 15.4. The number of fused-ring (bicyclic) bond motifs is 1. The lowest BCUT2D eigenvalue weighted by Crippen LogP contribution is -2.33. The number of ether oxygens (including phenoxy) is 1. The number of methoxy groups -OCH3 is 1. The summed E-state index contributed by atoms with van der Waals surface area (Å²) in [7, 11) is 3.30. The number of hydrogen-bond acceptors (Lipinski definition) is 6. The second-order valence-corrected chi connectivity index (χ2v) is 7.58. The molecule has 0 fully saturated rings. The molecule has 0 aliphatic carbocycles. The molecule has 3 aromatic rings. The molecule has 0 atom stereocenters. The summed E-state index contributed by atoms with van der Waals surface area (Å²) in [4.78, 5) is 46.3. The van der Waals surface area contributed by atoms with Crippen molar-refractivity contribution in [3.05, 3.63) is 50.9 Å². The van der Waals surface area contributed by atoms with Gasteiger partial charge in [-0.25, -0.2) is 9.78 Å². The van der Waals surface area contributed by atoms with Crippen LogP contribution in [-0.4, -0.2) is 50.1 Å². The summed E-state index contributed by atoms with van der Waals surface area (Å²) in [6, 6.07) is 7.22. The molecular weight excluding hydrogens is 412 g/mol. The number of anilines is 1. The highest BCUT2D eigenvalue weighted by atomic mass is 16.5. The van der Waals surface area contributed by atoms with Gasteiger partial charge in [-0.05, 0) is 25.1 Å². The molecule has 0 spiro atoms. The molecular formula is C22H30N6O4. The van der Waals surface area contributed by atoms with Crippen molar-refractivity contribution in [2.75, 3.05) is 25.5 Å². The maximum Gasteiger partial charge on any atom is 0.330 e. The molecule has 0 bridgehead atoms. The Balaban J connectivity index is 1.83. The quantitative estimate of drug-likeness (QED) is 0.494. The van der Waals surface area contributed by atoms with Crippen molar-refractivity contribution in [3.63, 3.8) is 0 Å². The Morgan fingerprint density at radius 3 is 2.69 bits per heavy atom. The van der Waals surface area contributed by atoms with E-state index in [4.69, 9.17) is 4.74 Å². The molecule has 2 aromatic heterocycles. The minimum Gasteiger partial charge on any atom is -0.495 e. The van der Waals surface area contributed by atoms with Crippen LogP contribution >= 0.6 is 0 Å². The molecule has 3 rings (SSSR count). The molecule has 10 nitrogen and oxygen atoms in total. The summed E-state index contributed by atoms with van der Waals surface area (Å²) in [5.41, 5.74) is 0.412. The number of hydrogen-bond donors (Lipinski definition) is 2. The Morgan fingerprint density at radius 2 is 2.00 bits per heavy atom. The van der Waals surface area contributed by atoms with Gasteiger partial charge in [-0.1, -0.05) is 32.4 Å². The van der Waals surface area contributed by atoms with E-state index >= 15 is 0 Å². The number of carbonyl (C=O) groups is 1. The molecule has 0 aliphatic rings. The second-order valence-electron chi connectivity index (χ2n) is 7.58. The summed E-state index contributed by atoms with van der Waals surface area (Å²) in [5, 5.41) is 2.87. The molecule has 10 heteroatoms. The van der Waals surface area contributed by atoms with Gasteiger partial charge in [0.1, 0.15) is 11.6 Å². The fraction of sp³-hybridized carbons (Fsp3) is 0.455. The van der Waals surface area contributed by atoms with E-state index in [9.17, 15) is 14.4 Å². The molecule has 1 amide bonds. The smallest absolute Gasteiger partial charge is 0.330 e. The zero-order chi connectivity index (χ0) is 23.3. The molecule has 0 saturated heterocycles. The maximum absolute atomic E-state index is 12.6. The molecule has 2 N–H and O–H groups in total. The number of aryl methyl sites for hydroxylation is 2. The average Bonchev–Trinajstić information content (AvgIpc) is 3.09. The lowest BCUT2D eigenvalue weighted by Gasteiger charge is -2.20. The maximum atomic E-state index is 12.6. The minimum absolute atomic E-state index is 0.136. The fourth-order valence-electron chi connectivity index (χ4n) is 3.58. The number of nitrogens with one attached hydrogen (secondary N) is 2. The van der Waals surface area contributed by atoms with Crippen molar-refractivity contribution >= 4 is 22.8 Å². The van der Waals surface area contributed by atoms with Crippen LogP contribution in [0.5, 0.6) is 5.75 Å². The van der Waals surface area contributed by atoms with Crippen LogP contribution in [0, 0.1) is 0 Å². The lowest BCUT2D eigenvalue weighted by molar-refractivity contribution is -0.117. The van der Waals surface area contributed by atoms with E-state index in [-0.39, 0.29) is 12.5 Å². The largest absolute Gasteiger partial charge is 0.495 e. The first-order valence-electron chi connectivity index (χ1n) is 10.7. The van der Waals surface area contributed by atoms with Gasteiger partial charge >= 0.3 is 5.69 Å². The van der Waals surface area contributed by atoms with E-state index in [2.05, 4.69) is 15.3 Å². The van der Waals surface area contributed by atoms with Crippen LogP contribution in [0.15, 0.2) is 33.9 Å². The monoisotopic (exact) mass is 442 g/mol. The highest BCUT2D eigenvalue weighted by Crippen LogP contribution is 2.23. The molecule has 2 heterocycles. The van der Waals surface area contributed by atoms with Crippen LogP contribution in [0.1, 0.15) is 32.5 Å². The number of nitrogens with zero attached hydrogens (tertiary/aromatic N) is 4. The highest BCUT2D eigenvalue weighted by Gasteiger charge is 2.19. The number of imidazole rings is 1. The van der Waals surface area contributed by atoms with Crippen molar-refractivity contribution in [2.24, 2.45) is 7.05 Å². The number of rotatable bonds is 10. The van der Waals surface area contributed by atoms with Gasteiger partial charge in [0.2, 0.25) is 5.91 Å². The van der Waals surface area contributed by atoms with Crippen molar-refractivity contribution in [2.45, 2.75) is 39.8 Å². The Hall–Kier alpha value is -3.40. The number of aromatic amines is 1. The third-order valence-electron chi connectivity index (χ3n) is 5.40. The zero-order valence-electron chi connectivity index (χ0n) is 19.0. The lowest BCUT2D eigenvalue weighted by atomic mass is 10.3. The third-order valence-corrected chi connectivity index (χ3v) is 5.40. The van der Waals surface area contributed by atoms with Crippen LogP contribution in [0.3, 0.4) is 0 Å². The second kappa shape index (κ2) is 10.3. The van der Waals surface area contributed by atoms with Gasteiger partial charge in [-0.2, -0.15) is 0 Å². The number of H-pyrrole nitrogens is 1. The molecule has 172 valence electrons. The molecule has 1 aromatic carbocycles. The number of carbonyl (C=O) groups excluding carboxylic acids is 1. The van der Waals surface area contributed by atoms with Crippen LogP contribution in [0.4, 0.5) is 5.69 Å². The topological polar surface area (TPSA) is 114 Å². The van der Waals surface area contributed by atoms with E-state index in [0.29, 0.717) is 48.1 Å². The van der Waals surface area contributed by atoms with Crippen LogP contribution in [0.2, 0.25) is 0 Å². The first kappa shape index (κ1) is 23.3. The summed E-state index contributed by atoms with van der Waals surface area (Å²) >= 11 is 0. The molecule has 0 aliphatic heterocycles. The van der Waals surface area contributed by atoms with Gasteiger partial charge in [-0.15, -0.1) is 0 Å². The van der Waals surface area contributed by atoms with Crippen LogP contribution in [-0.2, 0) is 24.9 Å². The predicted molar refractivity (Wildman–Crippen MR) is 123 cm³/mol. The molecule has 0 saturated carbocycles. The summed E-state index contributed by atoms with van der Waals surface area (Å²) in [6.07, 6.45) is 1.72. The molecule has 0 radical (unpaired) electrons. The van der Waals surface area contributed by atoms with E-state index in [1.165, 1.54) is 4.57 Å². The zero-order valence-corrected chi connectivity index (χ0v) is 19.0. The van der Waals surface area contributed by atoms with Crippen molar-refractivity contribution in [3.8, 4) is 5.75 Å². The number of benzene rings is 1. The van der Waals surface area contributed by atoms with E-state index in [1.807, 2.05) is 30.9 Å². The number of para-hydroxylation sites is 2. The Labute approximate surface area is 185 Å². The first-order valence-corrected chi connectivity index (χ1v) is 10.7. The average molecular weight is 443 g/mol. The Bertz CT molecular complexity index is 1210. The van der Waals surface area contributed by atoms with Gasteiger partial charge in [0.15, 0.2) is 11.2 Å². The number of amides is 1. The van der Waals surface area contributed by atoms with Gasteiger partial charge < -0.3 is 14.6 Å². The van der Waals surface area contributed by atoms with Crippen molar-refractivity contribution < 1.29 is 9.53 Å². The Morgan fingerprint density at radius 1 is 1.25 bits per heavy atom. The minimum atomic E-state index is -0.462. The van der Waals surface area contributed by atoms with Crippen LogP contribution in [0.25, 0.3) is 11.2 Å². The SMILES string of the molecule is CCCCn1c(=O)[nH]c(=O)c2c1nc(CN(CC)CC(=O)Nc1ccccc1OC)n2C. The third kappa shape index (κ3) is 4.91. The fourth-order valence-corrected chi connectivity index (χ4v) is 3.58. The Kier molecular flexibility index (Phi) is 7.47. The van der Waals surface area contributed by atoms with E-state index in [1.54, 1.807) is 30.9 Å². The molecule has 32 heavy (non-hydrogen) atoms. The standard InChI is InChI=1S/C22H30N6O4/c1-5-7-12-28-20-19(21(30)25-22(28)31)26(3)17(24-20)13-27(6-2)14-18(29)23-15-10-8-9-11-16(15)32-4/h8-11H,5-7,12-14H2,1-4H3,(H,23,29)(H,25,30,31). The summed E-state index contributed by atoms with van der Waals surface area (Å²) in [5.74, 6) is 1.00. The van der Waals surface area contributed by atoms with Crippen molar-refractivity contribution in [1.29, 1.82) is 0 Å². The number of likely N-dealkylation sites (N-methyl/N-ethyl adjacent to an activating group) is 1.